The van der Waals surface area contributed by atoms with E-state index in [2.05, 4.69) is 16.5 Å². The fourth-order valence-corrected chi connectivity index (χ4v) is 4.00. The Morgan fingerprint density at radius 2 is 2.21 bits per heavy atom. The van der Waals surface area contributed by atoms with Crippen molar-refractivity contribution in [2.24, 2.45) is 0 Å². The van der Waals surface area contributed by atoms with Gasteiger partial charge in [-0.1, -0.05) is 11.2 Å². The first-order valence-corrected chi connectivity index (χ1v) is 9.03. The van der Waals surface area contributed by atoms with E-state index < -0.39 is 0 Å². The van der Waals surface area contributed by atoms with Crippen LogP contribution in [-0.2, 0) is 12.8 Å². The second kappa shape index (κ2) is 6.65. The van der Waals surface area contributed by atoms with Gasteiger partial charge in [-0.2, -0.15) is 0 Å². The van der Waals surface area contributed by atoms with Crippen LogP contribution in [0.2, 0.25) is 0 Å². The van der Waals surface area contributed by atoms with Crippen molar-refractivity contribution in [3.8, 4) is 0 Å². The number of carbonyl (C=O) groups excluding carboxylic acids is 1. The van der Waals surface area contributed by atoms with E-state index in [1.807, 2.05) is 23.6 Å². The van der Waals surface area contributed by atoms with Gasteiger partial charge in [-0.15, -0.1) is 11.3 Å². The SMILES string of the molecule is O=C(NC[C@@H](c1ccco1)c1cccs1)c1noc2c1CCCC2. The van der Waals surface area contributed by atoms with E-state index in [0.29, 0.717) is 12.2 Å². The van der Waals surface area contributed by atoms with Crippen molar-refractivity contribution >= 4 is 17.2 Å². The highest BCUT2D eigenvalue weighted by Crippen LogP contribution is 2.28. The summed E-state index contributed by atoms with van der Waals surface area (Å²) in [6.45, 7) is 0.467. The maximum Gasteiger partial charge on any atom is 0.273 e. The van der Waals surface area contributed by atoms with Gasteiger partial charge in [0.25, 0.3) is 5.91 Å². The maximum atomic E-state index is 12.6. The molecule has 1 amide bonds. The Balaban J connectivity index is 1.50. The summed E-state index contributed by atoms with van der Waals surface area (Å²) in [5, 5.41) is 9.02. The quantitative estimate of drug-likeness (QED) is 0.766. The van der Waals surface area contributed by atoms with Crippen molar-refractivity contribution in [3.05, 3.63) is 63.6 Å². The van der Waals surface area contributed by atoms with Crippen LogP contribution in [0.4, 0.5) is 0 Å². The molecule has 0 unspecified atom stereocenters. The van der Waals surface area contributed by atoms with Crippen molar-refractivity contribution in [1.29, 1.82) is 0 Å². The smallest absolute Gasteiger partial charge is 0.273 e. The molecule has 0 spiro atoms. The van der Waals surface area contributed by atoms with Crippen molar-refractivity contribution < 1.29 is 13.7 Å². The summed E-state index contributed by atoms with van der Waals surface area (Å²) in [7, 11) is 0. The molecule has 1 aliphatic rings. The van der Waals surface area contributed by atoms with Crippen LogP contribution in [0.5, 0.6) is 0 Å². The molecule has 5 nitrogen and oxygen atoms in total. The highest BCUT2D eigenvalue weighted by molar-refractivity contribution is 7.10. The van der Waals surface area contributed by atoms with Crippen LogP contribution in [0.15, 0.2) is 44.8 Å². The third kappa shape index (κ3) is 2.89. The predicted octanol–water partition coefficient (Wildman–Crippen LogP) is 3.77. The number of fused-ring (bicyclic) bond motifs is 1. The van der Waals surface area contributed by atoms with Crippen molar-refractivity contribution in [2.75, 3.05) is 6.54 Å². The van der Waals surface area contributed by atoms with Crippen LogP contribution in [0.1, 0.15) is 51.2 Å². The molecule has 3 heterocycles. The van der Waals surface area contributed by atoms with E-state index in [0.717, 1.165) is 47.6 Å². The van der Waals surface area contributed by atoms with Crippen molar-refractivity contribution in [3.63, 3.8) is 0 Å². The van der Waals surface area contributed by atoms with Gasteiger partial charge in [0.1, 0.15) is 11.5 Å². The molecule has 6 heteroatoms. The maximum absolute atomic E-state index is 12.6. The lowest BCUT2D eigenvalue weighted by Crippen LogP contribution is -2.29. The first kappa shape index (κ1) is 15.2. The molecule has 0 bridgehead atoms. The molecular formula is C18H18N2O3S. The van der Waals surface area contributed by atoms with E-state index >= 15 is 0 Å². The topological polar surface area (TPSA) is 68.3 Å². The van der Waals surface area contributed by atoms with Crippen molar-refractivity contribution in [2.45, 2.75) is 31.6 Å². The summed E-state index contributed by atoms with van der Waals surface area (Å²) < 4.78 is 10.9. The van der Waals surface area contributed by atoms with Crippen LogP contribution >= 0.6 is 11.3 Å². The van der Waals surface area contributed by atoms with Gasteiger partial charge in [-0.3, -0.25) is 4.79 Å². The Morgan fingerprint density at radius 3 is 3.00 bits per heavy atom. The van der Waals surface area contributed by atoms with Crippen LogP contribution in [-0.4, -0.2) is 17.6 Å². The van der Waals surface area contributed by atoms with Gasteiger partial charge in [0, 0.05) is 23.4 Å². The third-order valence-corrected chi connectivity index (χ3v) is 5.39. The number of thiophene rings is 1. The molecule has 1 aliphatic carbocycles. The molecule has 0 fully saturated rings. The average Bonchev–Trinajstić information content (AvgIpc) is 3.36. The molecule has 4 rings (SSSR count). The van der Waals surface area contributed by atoms with Gasteiger partial charge in [-0.25, -0.2) is 0 Å². The van der Waals surface area contributed by atoms with E-state index in [1.165, 1.54) is 0 Å². The number of furan rings is 1. The molecule has 124 valence electrons. The Labute approximate surface area is 143 Å². The molecule has 0 aliphatic heterocycles. The second-order valence-electron chi connectivity index (χ2n) is 5.93. The molecule has 0 saturated heterocycles. The number of amides is 1. The first-order chi connectivity index (χ1) is 11.8. The predicted molar refractivity (Wildman–Crippen MR) is 90.3 cm³/mol. The third-order valence-electron chi connectivity index (χ3n) is 4.41. The normalized spacial score (nSPS) is 15.0. The fraction of sp³-hybridized carbons (Fsp3) is 0.333. The van der Waals surface area contributed by atoms with Gasteiger partial charge < -0.3 is 14.3 Å². The number of aromatic nitrogens is 1. The zero-order valence-electron chi connectivity index (χ0n) is 13.2. The zero-order valence-corrected chi connectivity index (χ0v) is 14.0. The molecule has 3 aromatic heterocycles. The lowest BCUT2D eigenvalue weighted by Gasteiger charge is -2.14. The molecule has 0 radical (unpaired) electrons. The van der Waals surface area contributed by atoms with E-state index in [9.17, 15) is 4.79 Å². The second-order valence-corrected chi connectivity index (χ2v) is 6.91. The molecular weight excluding hydrogens is 324 g/mol. The van der Waals surface area contributed by atoms with Gasteiger partial charge >= 0.3 is 0 Å². The van der Waals surface area contributed by atoms with Crippen LogP contribution < -0.4 is 5.32 Å². The largest absolute Gasteiger partial charge is 0.469 e. The van der Waals surface area contributed by atoms with Gasteiger partial charge in [-0.05, 0) is 42.8 Å². The Kier molecular flexibility index (Phi) is 4.21. The van der Waals surface area contributed by atoms with Crippen LogP contribution in [0.3, 0.4) is 0 Å². The van der Waals surface area contributed by atoms with Gasteiger partial charge in [0.15, 0.2) is 5.69 Å². The number of hydrogen-bond acceptors (Lipinski definition) is 5. The molecule has 0 saturated carbocycles. The molecule has 1 atom stereocenters. The standard InChI is InChI=1S/C18H18N2O3S/c21-18(17-12-5-1-2-6-15(12)23-20-17)19-11-13(14-7-3-9-22-14)16-8-4-10-24-16/h3-4,7-10,13H,1-2,5-6,11H2,(H,19,21)/t13-/m0/s1. The van der Waals surface area contributed by atoms with E-state index in [-0.39, 0.29) is 11.8 Å². The molecule has 24 heavy (non-hydrogen) atoms. The molecule has 3 aromatic rings. The van der Waals surface area contributed by atoms with Crippen molar-refractivity contribution in [1.82, 2.24) is 10.5 Å². The lowest BCUT2D eigenvalue weighted by molar-refractivity contribution is 0.0942. The van der Waals surface area contributed by atoms with Gasteiger partial charge in [0.2, 0.25) is 0 Å². The van der Waals surface area contributed by atoms with Crippen LogP contribution in [0.25, 0.3) is 0 Å². The summed E-state index contributed by atoms with van der Waals surface area (Å²) in [5.74, 6) is 1.55. The monoisotopic (exact) mass is 342 g/mol. The fourth-order valence-electron chi connectivity index (χ4n) is 3.16. The molecule has 0 aromatic carbocycles. The number of nitrogens with one attached hydrogen (secondary N) is 1. The Morgan fingerprint density at radius 1 is 1.29 bits per heavy atom. The molecule has 1 N–H and O–H groups in total. The number of carbonyl (C=O) groups is 1. The summed E-state index contributed by atoms with van der Waals surface area (Å²) >= 11 is 1.66. The van der Waals surface area contributed by atoms with Crippen LogP contribution in [0, 0.1) is 0 Å². The lowest BCUT2D eigenvalue weighted by atomic mass is 9.96. The number of rotatable bonds is 5. The Bertz CT molecular complexity index is 771. The average molecular weight is 342 g/mol. The number of hydrogen-bond donors (Lipinski definition) is 1. The minimum Gasteiger partial charge on any atom is -0.469 e. The zero-order chi connectivity index (χ0) is 16.4. The Hall–Kier alpha value is -2.34. The highest BCUT2D eigenvalue weighted by Gasteiger charge is 2.25. The van der Waals surface area contributed by atoms with Gasteiger partial charge in [0.05, 0.1) is 12.2 Å². The summed E-state index contributed by atoms with van der Waals surface area (Å²) in [6, 6.07) is 7.87. The van der Waals surface area contributed by atoms with E-state index in [4.69, 9.17) is 8.94 Å². The number of nitrogens with zero attached hydrogens (tertiary/aromatic N) is 1. The highest BCUT2D eigenvalue weighted by atomic mass is 32.1. The van der Waals surface area contributed by atoms with E-state index in [1.54, 1.807) is 17.6 Å². The first-order valence-electron chi connectivity index (χ1n) is 8.15. The minimum atomic E-state index is -0.171. The minimum absolute atomic E-state index is 0.00618. The summed E-state index contributed by atoms with van der Waals surface area (Å²) in [6.07, 6.45) is 5.58. The number of aryl methyl sites for hydroxylation is 1. The summed E-state index contributed by atoms with van der Waals surface area (Å²) in [4.78, 5) is 13.7. The summed E-state index contributed by atoms with van der Waals surface area (Å²) in [5.41, 5.74) is 1.42.